The van der Waals surface area contributed by atoms with Gasteiger partial charge >= 0.3 is 11.9 Å². The zero-order valence-corrected chi connectivity index (χ0v) is 17.9. The summed E-state index contributed by atoms with van der Waals surface area (Å²) in [7, 11) is 1.36. The molecule has 2 heterocycles. The predicted molar refractivity (Wildman–Crippen MR) is 113 cm³/mol. The van der Waals surface area contributed by atoms with E-state index in [1.54, 1.807) is 0 Å². The van der Waals surface area contributed by atoms with Crippen LogP contribution >= 0.6 is 0 Å². The maximum Gasteiger partial charge on any atom is 0.328 e. The number of nitrogens with zero attached hydrogens (tertiary/aromatic N) is 1. The molecule has 7 heteroatoms. The van der Waals surface area contributed by atoms with Crippen molar-refractivity contribution in [3.8, 4) is 0 Å². The number of amides is 1. The van der Waals surface area contributed by atoms with Gasteiger partial charge in [0.25, 0.3) is 5.91 Å². The summed E-state index contributed by atoms with van der Waals surface area (Å²) in [6.45, 7) is 0.193. The van der Waals surface area contributed by atoms with Crippen LogP contribution in [0, 0.1) is 5.92 Å². The molecule has 4 rings (SSSR count). The largest absolute Gasteiger partial charge is 0.467 e. The van der Waals surface area contributed by atoms with E-state index in [4.69, 9.17) is 18.9 Å². The van der Waals surface area contributed by atoms with Gasteiger partial charge in [-0.25, -0.2) is 4.79 Å². The van der Waals surface area contributed by atoms with E-state index in [9.17, 15) is 9.59 Å². The molecule has 0 bridgehead atoms. The summed E-state index contributed by atoms with van der Waals surface area (Å²) >= 11 is 0. The van der Waals surface area contributed by atoms with Gasteiger partial charge in [-0.15, -0.1) is 0 Å². The number of allylic oxidation sites excluding steroid dienone is 4. The van der Waals surface area contributed by atoms with Gasteiger partial charge in [0, 0.05) is 6.08 Å². The van der Waals surface area contributed by atoms with Crippen molar-refractivity contribution in [2.24, 2.45) is 5.92 Å². The lowest BCUT2D eigenvalue weighted by Crippen LogP contribution is -2.44. The van der Waals surface area contributed by atoms with E-state index in [1.165, 1.54) is 49.9 Å². The van der Waals surface area contributed by atoms with Crippen molar-refractivity contribution in [3.63, 3.8) is 0 Å². The molecule has 0 aromatic carbocycles. The second-order valence-electron chi connectivity index (χ2n) is 8.27. The summed E-state index contributed by atoms with van der Waals surface area (Å²) < 4.78 is 21.9. The fourth-order valence-corrected chi connectivity index (χ4v) is 4.48. The van der Waals surface area contributed by atoms with Crippen molar-refractivity contribution >= 4 is 11.9 Å². The van der Waals surface area contributed by atoms with Crippen LogP contribution in [0.3, 0.4) is 0 Å². The number of esters is 1. The third kappa shape index (κ3) is 5.21. The van der Waals surface area contributed by atoms with E-state index in [1.807, 2.05) is 12.2 Å². The number of ether oxygens (including phenoxy) is 4. The summed E-state index contributed by atoms with van der Waals surface area (Å²) in [6.07, 6.45) is 18.6. The minimum Gasteiger partial charge on any atom is -0.467 e. The Morgan fingerprint density at radius 1 is 1.23 bits per heavy atom. The number of hydrogen-bond acceptors (Lipinski definition) is 6. The molecule has 2 aliphatic carbocycles. The average Bonchev–Trinajstić information content (AvgIpc) is 3.18. The molecule has 0 saturated heterocycles. The van der Waals surface area contributed by atoms with Crippen LogP contribution in [-0.2, 0) is 28.5 Å². The Bertz CT molecular complexity index is 859. The summed E-state index contributed by atoms with van der Waals surface area (Å²) in [4.78, 5) is 26.6. The molecule has 2 aliphatic heterocycles. The molecule has 31 heavy (non-hydrogen) atoms. The third-order valence-electron chi connectivity index (χ3n) is 6.15. The molecule has 7 nitrogen and oxygen atoms in total. The first kappa shape index (κ1) is 21.3. The Labute approximate surface area is 182 Å². The highest BCUT2D eigenvalue weighted by molar-refractivity contribution is 5.94. The highest BCUT2D eigenvalue weighted by Gasteiger charge is 2.37. The van der Waals surface area contributed by atoms with Crippen LogP contribution in [0.5, 0.6) is 0 Å². The quantitative estimate of drug-likeness (QED) is 0.567. The smallest absolute Gasteiger partial charge is 0.328 e. The Balaban J connectivity index is 1.35. The van der Waals surface area contributed by atoms with E-state index in [0.717, 1.165) is 31.3 Å². The number of rotatable bonds is 7. The summed E-state index contributed by atoms with van der Waals surface area (Å²) in [5.74, 6) is 1.00. The number of carbonyl (C=O) groups excluding carboxylic acids is 2. The van der Waals surface area contributed by atoms with Gasteiger partial charge in [0.1, 0.15) is 18.1 Å². The molecule has 0 unspecified atom stereocenters. The highest BCUT2D eigenvalue weighted by atomic mass is 16.7. The Hall–Kier alpha value is -2.96. The average molecular weight is 427 g/mol. The van der Waals surface area contributed by atoms with Gasteiger partial charge in [0.2, 0.25) is 0 Å². The monoisotopic (exact) mass is 427 g/mol. The number of hydrogen-bond donors (Lipinski definition) is 0. The normalized spacial score (nSPS) is 22.5. The molecule has 0 spiro atoms. The maximum atomic E-state index is 12.6. The molecule has 4 aliphatic rings. The lowest BCUT2D eigenvalue weighted by molar-refractivity contribution is -0.151. The topological polar surface area (TPSA) is 74.3 Å². The zero-order valence-electron chi connectivity index (χ0n) is 17.9. The van der Waals surface area contributed by atoms with Gasteiger partial charge in [0.15, 0.2) is 12.0 Å². The van der Waals surface area contributed by atoms with Crippen molar-refractivity contribution < 1.29 is 28.5 Å². The molecule has 1 fully saturated rings. The SMILES string of the molecule is COC(=O)[C@H](CC1CCCCC1)N1CC(OC2=COC(C3=CC=CCC3)=CO2)=CC1=O. The second-order valence-corrected chi connectivity index (χ2v) is 8.27. The lowest BCUT2D eigenvalue weighted by Gasteiger charge is -2.30. The standard InChI is InChI=1S/C24H29NO6/c1-28-24(27)20(12-17-8-4-2-5-9-17)25-14-19(13-22(25)26)31-23-16-29-21(15-30-23)18-10-6-3-7-11-18/h3,6,10,13,15-17,20H,2,4-5,7-9,11-12,14H2,1H3/t20-/m0/s1. The highest BCUT2D eigenvalue weighted by Crippen LogP contribution is 2.31. The fourth-order valence-electron chi connectivity index (χ4n) is 4.48. The fraction of sp³-hybridized carbons (Fsp3) is 0.500. The van der Waals surface area contributed by atoms with Gasteiger partial charge in [-0.3, -0.25) is 4.79 Å². The first-order chi connectivity index (χ1) is 15.1. The van der Waals surface area contributed by atoms with Crippen LogP contribution in [0.1, 0.15) is 51.4 Å². The summed E-state index contributed by atoms with van der Waals surface area (Å²) in [5, 5.41) is 0. The van der Waals surface area contributed by atoms with Crippen LogP contribution in [0.15, 0.2) is 59.9 Å². The van der Waals surface area contributed by atoms with Crippen molar-refractivity contribution in [3.05, 3.63) is 59.9 Å². The molecule has 1 atom stereocenters. The number of carbonyl (C=O) groups is 2. The van der Waals surface area contributed by atoms with Crippen molar-refractivity contribution in [1.29, 1.82) is 0 Å². The van der Waals surface area contributed by atoms with Gasteiger partial charge in [-0.2, -0.15) is 0 Å². The zero-order chi connectivity index (χ0) is 21.6. The van der Waals surface area contributed by atoms with Crippen LogP contribution in [0.4, 0.5) is 0 Å². The molecule has 1 saturated carbocycles. The van der Waals surface area contributed by atoms with E-state index in [2.05, 4.69) is 6.08 Å². The van der Waals surface area contributed by atoms with Crippen molar-refractivity contribution in [2.75, 3.05) is 13.7 Å². The van der Waals surface area contributed by atoms with Gasteiger partial charge in [-0.05, 0) is 30.8 Å². The molecular weight excluding hydrogens is 398 g/mol. The van der Waals surface area contributed by atoms with Crippen LogP contribution in [-0.4, -0.2) is 36.5 Å². The molecular formula is C24H29NO6. The molecule has 0 aromatic heterocycles. The van der Waals surface area contributed by atoms with Crippen LogP contribution in [0.2, 0.25) is 0 Å². The molecule has 166 valence electrons. The first-order valence-electron chi connectivity index (χ1n) is 11.0. The van der Waals surface area contributed by atoms with E-state index >= 15 is 0 Å². The Morgan fingerprint density at radius 2 is 2.06 bits per heavy atom. The molecule has 0 aromatic rings. The summed E-state index contributed by atoms with van der Waals surface area (Å²) in [6, 6.07) is -0.603. The summed E-state index contributed by atoms with van der Waals surface area (Å²) in [5.41, 5.74) is 1.06. The Morgan fingerprint density at radius 3 is 2.74 bits per heavy atom. The van der Waals surface area contributed by atoms with Gasteiger partial charge in [-0.1, -0.05) is 50.3 Å². The molecule has 0 N–H and O–H groups in total. The lowest BCUT2D eigenvalue weighted by atomic mass is 9.84. The van der Waals surface area contributed by atoms with E-state index in [-0.39, 0.29) is 24.4 Å². The first-order valence-corrected chi connectivity index (χ1v) is 11.0. The van der Waals surface area contributed by atoms with Crippen LogP contribution in [0.25, 0.3) is 0 Å². The minimum atomic E-state index is -0.603. The van der Waals surface area contributed by atoms with Crippen molar-refractivity contribution in [1.82, 2.24) is 4.90 Å². The van der Waals surface area contributed by atoms with Crippen LogP contribution < -0.4 is 0 Å². The Kier molecular flexibility index (Phi) is 6.79. The molecule has 0 radical (unpaired) electrons. The van der Waals surface area contributed by atoms with E-state index in [0.29, 0.717) is 23.9 Å². The number of methoxy groups -OCH3 is 1. The van der Waals surface area contributed by atoms with E-state index < -0.39 is 6.04 Å². The van der Waals surface area contributed by atoms with Gasteiger partial charge in [0.05, 0.1) is 13.7 Å². The second kappa shape index (κ2) is 9.90. The van der Waals surface area contributed by atoms with Crippen molar-refractivity contribution in [2.45, 2.75) is 57.4 Å². The maximum absolute atomic E-state index is 12.6. The predicted octanol–water partition coefficient (Wildman–Crippen LogP) is 4.20. The third-order valence-corrected chi connectivity index (χ3v) is 6.15. The molecule has 1 amide bonds. The minimum absolute atomic E-state index is 0.151. The van der Waals surface area contributed by atoms with Gasteiger partial charge < -0.3 is 23.8 Å².